The summed E-state index contributed by atoms with van der Waals surface area (Å²) in [6.45, 7) is 4.96. The molecular formula is C17H26Cl2N4O2. The minimum atomic E-state index is -0.0102. The minimum absolute atomic E-state index is 0. The molecule has 25 heavy (non-hydrogen) atoms. The number of carbonyl (C=O) groups excluding carboxylic acids is 2. The van der Waals surface area contributed by atoms with Gasteiger partial charge in [0.05, 0.1) is 6.54 Å². The van der Waals surface area contributed by atoms with E-state index >= 15 is 0 Å². The van der Waals surface area contributed by atoms with Crippen molar-refractivity contribution in [1.82, 2.24) is 14.7 Å². The monoisotopic (exact) mass is 388 g/mol. The number of hydrogen-bond donors (Lipinski definition) is 1. The second kappa shape index (κ2) is 9.85. The summed E-state index contributed by atoms with van der Waals surface area (Å²) in [6.07, 6.45) is 2.38. The Bertz CT molecular complexity index is 586. The predicted molar refractivity (Wildman–Crippen MR) is 104 cm³/mol. The van der Waals surface area contributed by atoms with E-state index in [2.05, 4.69) is 4.90 Å². The Morgan fingerprint density at radius 2 is 1.52 bits per heavy atom. The van der Waals surface area contributed by atoms with Gasteiger partial charge in [0, 0.05) is 37.4 Å². The second-order valence-corrected chi connectivity index (χ2v) is 6.28. The first kappa shape index (κ1) is 21.5. The molecule has 6 nitrogen and oxygen atoms in total. The lowest BCUT2D eigenvalue weighted by atomic mass is 10.1. The predicted octanol–water partition coefficient (Wildman–Crippen LogP) is 1.49. The van der Waals surface area contributed by atoms with Crippen molar-refractivity contribution in [2.45, 2.75) is 12.8 Å². The fourth-order valence-electron chi connectivity index (χ4n) is 3.25. The summed E-state index contributed by atoms with van der Waals surface area (Å²) in [7, 11) is 0. The average Bonchev–Trinajstić information content (AvgIpc) is 3.07. The van der Waals surface area contributed by atoms with Gasteiger partial charge < -0.3 is 15.5 Å². The Morgan fingerprint density at radius 3 is 2.12 bits per heavy atom. The lowest BCUT2D eigenvalue weighted by Crippen LogP contribution is -2.52. The lowest BCUT2D eigenvalue weighted by molar-refractivity contribution is -0.133. The van der Waals surface area contributed by atoms with Crippen molar-refractivity contribution in [2.75, 3.05) is 51.5 Å². The van der Waals surface area contributed by atoms with Crippen molar-refractivity contribution in [3.05, 3.63) is 29.8 Å². The normalized spacial score (nSPS) is 17.6. The molecule has 2 aliphatic heterocycles. The summed E-state index contributed by atoms with van der Waals surface area (Å²) in [5, 5.41) is 0. The van der Waals surface area contributed by atoms with E-state index in [9.17, 15) is 9.59 Å². The summed E-state index contributed by atoms with van der Waals surface area (Å²) in [6, 6.07) is 7.04. The zero-order chi connectivity index (χ0) is 16.2. The van der Waals surface area contributed by atoms with Crippen LogP contribution in [0.15, 0.2) is 24.3 Å². The Kier molecular flexibility index (Phi) is 8.48. The maximum absolute atomic E-state index is 12.5. The van der Waals surface area contributed by atoms with Gasteiger partial charge in [0.25, 0.3) is 5.91 Å². The summed E-state index contributed by atoms with van der Waals surface area (Å²) in [4.78, 5) is 30.7. The van der Waals surface area contributed by atoms with Gasteiger partial charge in [-0.05, 0) is 44.1 Å². The molecule has 0 radical (unpaired) electrons. The van der Waals surface area contributed by atoms with Gasteiger partial charge in [-0.25, -0.2) is 0 Å². The molecule has 2 fully saturated rings. The number of rotatable bonds is 3. The molecule has 2 aliphatic rings. The van der Waals surface area contributed by atoms with Crippen molar-refractivity contribution in [3.63, 3.8) is 0 Å². The molecule has 0 unspecified atom stereocenters. The molecule has 2 saturated heterocycles. The molecule has 0 aromatic heterocycles. The second-order valence-electron chi connectivity index (χ2n) is 6.28. The van der Waals surface area contributed by atoms with Crippen LogP contribution in [0.1, 0.15) is 23.2 Å². The van der Waals surface area contributed by atoms with E-state index in [-0.39, 0.29) is 36.6 Å². The lowest BCUT2D eigenvalue weighted by Gasteiger charge is -2.35. The first-order chi connectivity index (χ1) is 11.1. The van der Waals surface area contributed by atoms with E-state index in [1.807, 2.05) is 4.90 Å². The molecule has 0 spiro atoms. The molecule has 0 saturated carbocycles. The number of piperazine rings is 1. The Balaban J connectivity index is 0.00000156. The highest BCUT2D eigenvalue weighted by molar-refractivity contribution is 5.95. The zero-order valence-electron chi connectivity index (χ0n) is 14.2. The zero-order valence-corrected chi connectivity index (χ0v) is 15.9. The van der Waals surface area contributed by atoms with Crippen LogP contribution in [-0.2, 0) is 4.79 Å². The van der Waals surface area contributed by atoms with Gasteiger partial charge in [-0.15, -0.1) is 24.8 Å². The number of nitrogens with zero attached hydrogens (tertiary/aromatic N) is 3. The molecule has 140 valence electrons. The third kappa shape index (κ3) is 5.49. The van der Waals surface area contributed by atoms with E-state index in [0.717, 1.165) is 13.1 Å². The first-order valence-electron chi connectivity index (χ1n) is 8.28. The molecule has 2 amide bonds. The van der Waals surface area contributed by atoms with E-state index < -0.39 is 0 Å². The van der Waals surface area contributed by atoms with Gasteiger partial charge in [-0.2, -0.15) is 0 Å². The van der Waals surface area contributed by atoms with Gasteiger partial charge in [-0.3, -0.25) is 14.5 Å². The molecule has 2 heterocycles. The van der Waals surface area contributed by atoms with Crippen LogP contribution in [0.4, 0.5) is 5.69 Å². The number of carbonyl (C=O) groups is 2. The van der Waals surface area contributed by atoms with Crippen LogP contribution < -0.4 is 5.73 Å². The fraction of sp³-hybridized carbons (Fsp3) is 0.529. The highest BCUT2D eigenvalue weighted by Crippen LogP contribution is 2.13. The summed E-state index contributed by atoms with van der Waals surface area (Å²) in [5.41, 5.74) is 6.94. The Labute approximate surface area is 161 Å². The van der Waals surface area contributed by atoms with Crippen LogP contribution in [0.2, 0.25) is 0 Å². The molecule has 1 aromatic carbocycles. The van der Waals surface area contributed by atoms with Gasteiger partial charge in [0.15, 0.2) is 0 Å². The maximum Gasteiger partial charge on any atom is 0.254 e. The van der Waals surface area contributed by atoms with Crippen LogP contribution >= 0.6 is 24.8 Å². The Morgan fingerprint density at radius 1 is 0.920 bits per heavy atom. The van der Waals surface area contributed by atoms with E-state index in [1.54, 1.807) is 29.2 Å². The van der Waals surface area contributed by atoms with E-state index in [1.165, 1.54) is 12.8 Å². The van der Waals surface area contributed by atoms with Crippen LogP contribution in [0.5, 0.6) is 0 Å². The van der Waals surface area contributed by atoms with Gasteiger partial charge in [-0.1, -0.05) is 6.07 Å². The van der Waals surface area contributed by atoms with E-state index in [0.29, 0.717) is 44.0 Å². The highest BCUT2D eigenvalue weighted by Gasteiger charge is 2.26. The molecular weight excluding hydrogens is 363 g/mol. The standard InChI is InChI=1S/C17H24N4O2.2ClH/c18-15-5-3-4-14(12-15)17(23)21-10-8-20(9-11-21)16(22)13-19-6-1-2-7-19;;/h3-5,12H,1-2,6-11,13,18H2;2*1H. The van der Waals surface area contributed by atoms with Crippen LogP contribution in [-0.4, -0.2) is 72.3 Å². The summed E-state index contributed by atoms with van der Waals surface area (Å²) in [5.74, 6) is 0.173. The van der Waals surface area contributed by atoms with Gasteiger partial charge in [0.2, 0.25) is 5.91 Å². The number of amides is 2. The first-order valence-corrected chi connectivity index (χ1v) is 8.28. The number of anilines is 1. The average molecular weight is 389 g/mol. The maximum atomic E-state index is 12.5. The van der Waals surface area contributed by atoms with Crippen molar-refractivity contribution in [1.29, 1.82) is 0 Å². The minimum Gasteiger partial charge on any atom is -0.399 e. The van der Waals surface area contributed by atoms with Gasteiger partial charge >= 0.3 is 0 Å². The highest BCUT2D eigenvalue weighted by atomic mass is 35.5. The number of nitrogen functional groups attached to an aromatic ring is 1. The van der Waals surface area contributed by atoms with Crippen molar-refractivity contribution in [2.24, 2.45) is 0 Å². The molecule has 8 heteroatoms. The van der Waals surface area contributed by atoms with E-state index in [4.69, 9.17) is 5.73 Å². The van der Waals surface area contributed by atoms with Crippen LogP contribution in [0, 0.1) is 0 Å². The number of likely N-dealkylation sites (tertiary alicyclic amines) is 1. The fourth-order valence-corrected chi connectivity index (χ4v) is 3.25. The van der Waals surface area contributed by atoms with Crippen molar-refractivity contribution >= 4 is 42.3 Å². The number of nitrogens with two attached hydrogens (primary N) is 1. The number of hydrogen-bond acceptors (Lipinski definition) is 4. The molecule has 3 rings (SSSR count). The number of halogens is 2. The van der Waals surface area contributed by atoms with Crippen LogP contribution in [0.3, 0.4) is 0 Å². The third-order valence-electron chi connectivity index (χ3n) is 4.61. The quantitative estimate of drug-likeness (QED) is 0.796. The number of benzene rings is 1. The third-order valence-corrected chi connectivity index (χ3v) is 4.61. The topological polar surface area (TPSA) is 69.9 Å². The SMILES string of the molecule is Cl.Cl.Nc1cccc(C(=O)N2CCN(C(=O)CN3CCCC3)CC2)c1. The van der Waals surface area contributed by atoms with Crippen LogP contribution in [0.25, 0.3) is 0 Å². The molecule has 2 N–H and O–H groups in total. The molecule has 0 atom stereocenters. The summed E-state index contributed by atoms with van der Waals surface area (Å²) >= 11 is 0. The Hall–Kier alpha value is -1.50. The van der Waals surface area contributed by atoms with Crippen molar-refractivity contribution in [3.8, 4) is 0 Å². The van der Waals surface area contributed by atoms with Crippen molar-refractivity contribution < 1.29 is 9.59 Å². The molecule has 1 aromatic rings. The molecule has 0 aliphatic carbocycles. The molecule has 0 bridgehead atoms. The smallest absolute Gasteiger partial charge is 0.254 e. The summed E-state index contributed by atoms with van der Waals surface area (Å²) < 4.78 is 0. The van der Waals surface area contributed by atoms with Gasteiger partial charge in [0.1, 0.15) is 0 Å². The largest absolute Gasteiger partial charge is 0.399 e.